The van der Waals surface area contributed by atoms with E-state index in [-0.39, 0.29) is 6.42 Å². The van der Waals surface area contributed by atoms with Gasteiger partial charge in [0.2, 0.25) is 17.7 Å². The number of thioether (sulfide) groups is 1. The summed E-state index contributed by atoms with van der Waals surface area (Å²) in [4.78, 5) is 65.5. The largest absolute Gasteiger partial charge is 0.481 e. The molecule has 0 saturated heterocycles. The maximum absolute atomic E-state index is 13.3. The van der Waals surface area contributed by atoms with Gasteiger partial charge in [0.1, 0.15) is 18.1 Å². The molecule has 0 aliphatic rings. The molecule has 0 aliphatic heterocycles. The van der Waals surface area contributed by atoms with E-state index in [1.165, 1.54) is 11.8 Å². The van der Waals surface area contributed by atoms with Crippen molar-refractivity contribution in [3.8, 4) is 0 Å². The summed E-state index contributed by atoms with van der Waals surface area (Å²) in [6, 6.07) is 2.42. The molecule has 0 fully saturated rings. The van der Waals surface area contributed by atoms with Gasteiger partial charge in [0.25, 0.3) is 0 Å². The number of carboxylic acids is 2. The Morgan fingerprint density at radius 2 is 1.64 bits per heavy atom. The molecule has 5 atom stereocenters. The number of aromatic nitrogens is 1. The SMILES string of the molecule is CCC(C)C(NC(=O)C(Cc1c[nH]c2ccccc12)NC(=O)C(CC(=O)O)NC(=O)C(N)CCSC)C(=O)O. The van der Waals surface area contributed by atoms with Crippen molar-refractivity contribution < 1.29 is 34.2 Å². The van der Waals surface area contributed by atoms with E-state index < -0.39 is 66.2 Å². The van der Waals surface area contributed by atoms with Crippen LogP contribution in [0.15, 0.2) is 30.5 Å². The number of nitrogens with two attached hydrogens (primary N) is 1. The molecule has 1 aromatic heterocycles. The fourth-order valence-corrected chi connectivity index (χ4v) is 4.47. The van der Waals surface area contributed by atoms with Crippen LogP contribution in [0.1, 0.15) is 38.7 Å². The maximum Gasteiger partial charge on any atom is 0.326 e. The van der Waals surface area contributed by atoms with Crippen molar-refractivity contribution in [3.63, 3.8) is 0 Å². The minimum atomic E-state index is -1.50. The zero-order valence-corrected chi connectivity index (χ0v) is 23.0. The van der Waals surface area contributed by atoms with Crippen LogP contribution in [0, 0.1) is 5.92 Å². The smallest absolute Gasteiger partial charge is 0.326 e. The van der Waals surface area contributed by atoms with Crippen molar-refractivity contribution in [2.75, 3.05) is 12.0 Å². The molecule has 1 heterocycles. The van der Waals surface area contributed by atoms with Crippen molar-refractivity contribution in [3.05, 3.63) is 36.0 Å². The number of H-pyrrole nitrogens is 1. The highest BCUT2D eigenvalue weighted by molar-refractivity contribution is 7.98. The van der Waals surface area contributed by atoms with Crippen LogP contribution in [0.3, 0.4) is 0 Å². The molecule has 5 unspecified atom stereocenters. The van der Waals surface area contributed by atoms with Crippen molar-refractivity contribution in [2.24, 2.45) is 11.7 Å². The number of carboxylic acid groups (broad SMARTS) is 2. The number of hydrogen-bond acceptors (Lipinski definition) is 7. The van der Waals surface area contributed by atoms with Gasteiger partial charge in [0.15, 0.2) is 0 Å². The number of benzene rings is 1. The first-order chi connectivity index (χ1) is 18.5. The molecule has 0 bridgehead atoms. The van der Waals surface area contributed by atoms with Gasteiger partial charge < -0.3 is 36.9 Å². The van der Waals surface area contributed by atoms with Gasteiger partial charge in [0, 0.05) is 23.5 Å². The highest BCUT2D eigenvalue weighted by atomic mass is 32.2. The van der Waals surface area contributed by atoms with E-state index in [1.54, 1.807) is 20.0 Å². The van der Waals surface area contributed by atoms with E-state index >= 15 is 0 Å². The van der Waals surface area contributed by atoms with Gasteiger partial charge in [-0.05, 0) is 36.0 Å². The third-order valence-electron chi connectivity index (χ3n) is 6.49. The summed E-state index contributed by atoms with van der Waals surface area (Å²) >= 11 is 1.49. The predicted octanol–water partition coefficient (Wildman–Crippen LogP) is 0.851. The summed E-state index contributed by atoms with van der Waals surface area (Å²) in [5, 5.41) is 27.2. The lowest BCUT2D eigenvalue weighted by Crippen LogP contribution is -2.58. The summed E-state index contributed by atoms with van der Waals surface area (Å²) < 4.78 is 0. The Balaban J connectivity index is 2.33. The van der Waals surface area contributed by atoms with Gasteiger partial charge in [-0.15, -0.1) is 0 Å². The number of fused-ring (bicyclic) bond motifs is 1. The first kappa shape index (κ1) is 31.6. The third kappa shape index (κ3) is 9.29. The van der Waals surface area contributed by atoms with E-state index in [9.17, 15) is 34.2 Å². The molecule has 8 N–H and O–H groups in total. The summed E-state index contributed by atoms with van der Waals surface area (Å²) in [7, 11) is 0. The third-order valence-corrected chi connectivity index (χ3v) is 7.13. The Hall–Kier alpha value is -3.58. The molecule has 0 saturated carbocycles. The number of aromatic amines is 1. The number of carbonyl (C=O) groups is 5. The van der Waals surface area contributed by atoms with E-state index in [1.807, 2.05) is 30.5 Å². The van der Waals surface area contributed by atoms with Crippen LogP contribution >= 0.6 is 11.8 Å². The molecular weight excluding hydrogens is 526 g/mol. The lowest BCUT2D eigenvalue weighted by atomic mass is 9.98. The van der Waals surface area contributed by atoms with Crippen LogP contribution in [0.5, 0.6) is 0 Å². The molecule has 0 spiro atoms. The van der Waals surface area contributed by atoms with Crippen LogP contribution in [-0.2, 0) is 30.4 Å². The number of carbonyl (C=O) groups excluding carboxylic acids is 3. The number of aliphatic carboxylic acids is 2. The average molecular weight is 564 g/mol. The molecule has 3 amide bonds. The minimum Gasteiger partial charge on any atom is -0.481 e. The van der Waals surface area contributed by atoms with E-state index in [4.69, 9.17) is 5.73 Å². The standard InChI is InChI=1S/C26H37N5O7S/c1-4-14(2)22(26(37)38)31-25(36)19(11-15-13-28-18-8-6-5-7-16(15)18)30-24(35)20(12-21(32)33)29-23(34)17(27)9-10-39-3/h5-8,13-14,17,19-20,22,28H,4,9-12,27H2,1-3H3,(H,29,34)(H,30,35)(H,31,36)(H,32,33)(H,37,38). The quantitative estimate of drug-likeness (QED) is 0.154. The fraction of sp³-hybridized carbons (Fsp3) is 0.500. The second kappa shape index (κ2) is 15.1. The van der Waals surface area contributed by atoms with Gasteiger partial charge in [-0.25, -0.2) is 4.79 Å². The van der Waals surface area contributed by atoms with Crippen LogP contribution < -0.4 is 21.7 Å². The molecule has 0 aliphatic carbocycles. The summed E-state index contributed by atoms with van der Waals surface area (Å²) in [6.07, 6.45) is 3.59. The molecule has 12 nitrogen and oxygen atoms in total. The average Bonchev–Trinajstić information content (AvgIpc) is 3.31. The predicted molar refractivity (Wildman–Crippen MR) is 148 cm³/mol. The summed E-state index contributed by atoms with van der Waals surface area (Å²) in [5.41, 5.74) is 7.35. The molecule has 2 rings (SSSR count). The zero-order chi connectivity index (χ0) is 29.1. The maximum atomic E-state index is 13.3. The second-order valence-electron chi connectivity index (χ2n) is 9.38. The topological polar surface area (TPSA) is 204 Å². The number of amides is 3. The van der Waals surface area contributed by atoms with E-state index in [0.29, 0.717) is 24.2 Å². The van der Waals surface area contributed by atoms with Crippen molar-refractivity contribution in [1.29, 1.82) is 0 Å². The molecule has 1 aromatic carbocycles. The number of nitrogens with one attached hydrogen (secondary N) is 4. The normalized spacial score (nSPS) is 15.0. The molecule has 214 valence electrons. The van der Waals surface area contributed by atoms with Crippen LogP contribution in [-0.4, -0.2) is 81.0 Å². The monoisotopic (exact) mass is 563 g/mol. The lowest BCUT2D eigenvalue weighted by molar-refractivity contribution is -0.144. The Morgan fingerprint density at radius 1 is 1.00 bits per heavy atom. The molecular formula is C26H37N5O7S. The van der Waals surface area contributed by atoms with Gasteiger partial charge in [0.05, 0.1) is 12.5 Å². The van der Waals surface area contributed by atoms with E-state index in [0.717, 1.165) is 10.9 Å². The number of rotatable bonds is 16. The molecule has 2 aromatic rings. The van der Waals surface area contributed by atoms with Gasteiger partial charge in [-0.3, -0.25) is 19.2 Å². The number of para-hydroxylation sites is 1. The Labute approximate surface area is 230 Å². The van der Waals surface area contributed by atoms with Crippen LogP contribution in [0.2, 0.25) is 0 Å². The summed E-state index contributed by atoms with van der Waals surface area (Å²) in [6.45, 7) is 3.48. The lowest BCUT2D eigenvalue weighted by Gasteiger charge is -2.26. The fourth-order valence-electron chi connectivity index (χ4n) is 3.98. The van der Waals surface area contributed by atoms with E-state index in [2.05, 4.69) is 20.9 Å². The number of hydrogen-bond donors (Lipinski definition) is 7. The van der Waals surface area contributed by atoms with Crippen molar-refractivity contribution >= 4 is 52.3 Å². The van der Waals surface area contributed by atoms with Crippen LogP contribution in [0.25, 0.3) is 10.9 Å². The molecule has 0 radical (unpaired) electrons. The Kier molecular flexibility index (Phi) is 12.3. The van der Waals surface area contributed by atoms with Crippen molar-refractivity contribution in [2.45, 2.75) is 63.7 Å². The molecule has 39 heavy (non-hydrogen) atoms. The van der Waals surface area contributed by atoms with Crippen LogP contribution in [0.4, 0.5) is 0 Å². The zero-order valence-electron chi connectivity index (χ0n) is 22.2. The van der Waals surface area contributed by atoms with Crippen molar-refractivity contribution in [1.82, 2.24) is 20.9 Å². The Morgan fingerprint density at radius 3 is 2.26 bits per heavy atom. The molecule has 13 heteroatoms. The highest BCUT2D eigenvalue weighted by Gasteiger charge is 2.33. The van der Waals surface area contributed by atoms with Gasteiger partial charge in [-0.1, -0.05) is 38.5 Å². The first-order valence-corrected chi connectivity index (χ1v) is 14.0. The Bertz CT molecular complexity index is 1170. The second-order valence-corrected chi connectivity index (χ2v) is 10.4. The van der Waals surface area contributed by atoms with Gasteiger partial charge >= 0.3 is 11.9 Å². The van der Waals surface area contributed by atoms with Gasteiger partial charge in [-0.2, -0.15) is 11.8 Å². The highest BCUT2D eigenvalue weighted by Crippen LogP contribution is 2.20. The first-order valence-electron chi connectivity index (χ1n) is 12.6. The minimum absolute atomic E-state index is 0.0184. The summed E-state index contributed by atoms with van der Waals surface area (Å²) in [5.74, 6) is -4.70.